The SMILES string of the molecule is CN1N=C(C(=O)NC2(C(N)=O)CCCCC2)CCC1=O. The van der Waals surface area contributed by atoms with Crippen molar-refractivity contribution in [2.75, 3.05) is 7.05 Å². The minimum Gasteiger partial charge on any atom is -0.368 e. The number of nitrogens with zero attached hydrogens (tertiary/aromatic N) is 2. The smallest absolute Gasteiger partial charge is 0.268 e. The minimum atomic E-state index is -0.960. The third-order valence-corrected chi connectivity index (χ3v) is 4.00. The van der Waals surface area contributed by atoms with E-state index in [1.807, 2.05) is 0 Å². The number of carbonyl (C=O) groups is 3. The Labute approximate surface area is 117 Å². The molecule has 1 aliphatic carbocycles. The van der Waals surface area contributed by atoms with Gasteiger partial charge in [0.25, 0.3) is 5.91 Å². The van der Waals surface area contributed by atoms with Crippen molar-refractivity contribution in [3.05, 3.63) is 0 Å². The molecule has 0 atom stereocenters. The molecule has 20 heavy (non-hydrogen) atoms. The number of nitrogens with one attached hydrogen (secondary N) is 1. The van der Waals surface area contributed by atoms with E-state index in [0.717, 1.165) is 24.3 Å². The molecule has 3 N–H and O–H groups in total. The van der Waals surface area contributed by atoms with E-state index in [4.69, 9.17) is 5.73 Å². The Hall–Kier alpha value is -1.92. The lowest BCUT2D eigenvalue weighted by atomic mass is 9.81. The summed E-state index contributed by atoms with van der Waals surface area (Å²) in [7, 11) is 1.51. The monoisotopic (exact) mass is 280 g/mol. The van der Waals surface area contributed by atoms with Gasteiger partial charge >= 0.3 is 0 Å². The Morgan fingerprint density at radius 3 is 2.45 bits per heavy atom. The van der Waals surface area contributed by atoms with Crippen molar-refractivity contribution in [2.45, 2.75) is 50.5 Å². The fraction of sp³-hybridized carbons (Fsp3) is 0.692. The number of hydrogen-bond acceptors (Lipinski definition) is 4. The molecule has 7 heteroatoms. The normalized spacial score (nSPS) is 22.1. The Bertz CT molecular complexity index is 466. The van der Waals surface area contributed by atoms with Crippen LogP contribution in [0, 0.1) is 0 Å². The van der Waals surface area contributed by atoms with Gasteiger partial charge in [-0.3, -0.25) is 14.4 Å². The van der Waals surface area contributed by atoms with Gasteiger partial charge in [0.15, 0.2) is 0 Å². The topological polar surface area (TPSA) is 105 Å². The summed E-state index contributed by atoms with van der Waals surface area (Å²) in [5, 5.41) is 7.87. The molecule has 0 unspecified atom stereocenters. The summed E-state index contributed by atoms with van der Waals surface area (Å²) in [6.45, 7) is 0. The standard InChI is InChI=1S/C13H20N4O3/c1-17-10(18)6-5-9(16-17)11(19)15-13(12(14)20)7-3-2-4-8-13/h2-8H2,1H3,(H2,14,20)(H,15,19). The van der Waals surface area contributed by atoms with E-state index in [9.17, 15) is 14.4 Å². The summed E-state index contributed by atoms with van der Waals surface area (Å²) in [4.78, 5) is 35.3. The van der Waals surface area contributed by atoms with Gasteiger partial charge in [-0.05, 0) is 12.8 Å². The van der Waals surface area contributed by atoms with Crippen LogP contribution in [0.2, 0.25) is 0 Å². The lowest BCUT2D eigenvalue weighted by molar-refractivity contribution is -0.132. The molecule has 110 valence electrons. The van der Waals surface area contributed by atoms with E-state index < -0.39 is 17.4 Å². The molecule has 0 aromatic heterocycles. The minimum absolute atomic E-state index is 0.121. The fourth-order valence-electron chi connectivity index (χ4n) is 2.71. The first-order valence-corrected chi connectivity index (χ1v) is 6.91. The number of hydrazone groups is 1. The third kappa shape index (κ3) is 2.81. The molecule has 2 rings (SSSR count). The van der Waals surface area contributed by atoms with Crippen LogP contribution in [-0.4, -0.2) is 41.0 Å². The summed E-state index contributed by atoms with van der Waals surface area (Å²) in [5.74, 6) is -1.01. The molecule has 0 radical (unpaired) electrons. The van der Waals surface area contributed by atoms with Crippen molar-refractivity contribution >= 4 is 23.4 Å². The molecular weight excluding hydrogens is 260 g/mol. The number of primary amides is 1. The Balaban J connectivity index is 2.11. The second kappa shape index (κ2) is 5.60. The third-order valence-electron chi connectivity index (χ3n) is 4.00. The van der Waals surface area contributed by atoms with Gasteiger partial charge in [0.2, 0.25) is 11.8 Å². The molecule has 0 aromatic rings. The number of carbonyl (C=O) groups excluding carboxylic acids is 3. The fourth-order valence-corrected chi connectivity index (χ4v) is 2.71. The molecule has 1 saturated carbocycles. The molecular formula is C13H20N4O3. The van der Waals surface area contributed by atoms with Crippen molar-refractivity contribution in [1.82, 2.24) is 10.3 Å². The van der Waals surface area contributed by atoms with E-state index in [0.29, 0.717) is 19.3 Å². The molecule has 0 spiro atoms. The molecule has 2 aliphatic rings. The van der Waals surface area contributed by atoms with Crippen LogP contribution in [0.3, 0.4) is 0 Å². The maximum atomic E-state index is 12.2. The van der Waals surface area contributed by atoms with Gasteiger partial charge in [-0.25, -0.2) is 5.01 Å². The number of amides is 3. The highest BCUT2D eigenvalue weighted by Gasteiger charge is 2.40. The average molecular weight is 280 g/mol. The van der Waals surface area contributed by atoms with Crippen molar-refractivity contribution in [3.8, 4) is 0 Å². The van der Waals surface area contributed by atoms with Gasteiger partial charge in [0.05, 0.1) is 0 Å². The highest BCUT2D eigenvalue weighted by molar-refractivity contribution is 6.40. The summed E-state index contributed by atoms with van der Waals surface area (Å²) in [6, 6.07) is 0. The average Bonchev–Trinajstić information content (AvgIpc) is 2.42. The lowest BCUT2D eigenvalue weighted by Gasteiger charge is -2.35. The van der Waals surface area contributed by atoms with Crippen LogP contribution in [-0.2, 0) is 14.4 Å². The van der Waals surface area contributed by atoms with Crippen LogP contribution in [0.5, 0.6) is 0 Å². The van der Waals surface area contributed by atoms with Crippen LogP contribution in [0.25, 0.3) is 0 Å². The molecule has 3 amide bonds. The Morgan fingerprint density at radius 1 is 1.25 bits per heavy atom. The predicted molar refractivity (Wildman–Crippen MR) is 72.6 cm³/mol. The van der Waals surface area contributed by atoms with Gasteiger partial charge in [0.1, 0.15) is 11.3 Å². The van der Waals surface area contributed by atoms with Crippen LogP contribution in [0.4, 0.5) is 0 Å². The van der Waals surface area contributed by atoms with Crippen molar-refractivity contribution in [1.29, 1.82) is 0 Å². The molecule has 1 aliphatic heterocycles. The van der Waals surface area contributed by atoms with E-state index >= 15 is 0 Å². The van der Waals surface area contributed by atoms with E-state index in [-0.39, 0.29) is 18.0 Å². The van der Waals surface area contributed by atoms with Crippen LogP contribution >= 0.6 is 0 Å². The molecule has 1 heterocycles. The highest BCUT2D eigenvalue weighted by Crippen LogP contribution is 2.28. The molecule has 1 fully saturated rings. The zero-order valence-corrected chi connectivity index (χ0v) is 11.6. The van der Waals surface area contributed by atoms with Crippen LogP contribution in [0.15, 0.2) is 5.10 Å². The van der Waals surface area contributed by atoms with Crippen molar-refractivity contribution in [3.63, 3.8) is 0 Å². The highest BCUT2D eigenvalue weighted by atomic mass is 16.2. The lowest BCUT2D eigenvalue weighted by Crippen LogP contribution is -2.60. The first-order valence-electron chi connectivity index (χ1n) is 6.91. The zero-order valence-electron chi connectivity index (χ0n) is 11.6. The summed E-state index contributed by atoms with van der Waals surface area (Å²) in [5.41, 5.74) is 4.79. The molecule has 0 bridgehead atoms. The van der Waals surface area contributed by atoms with Crippen molar-refractivity contribution in [2.24, 2.45) is 10.8 Å². The molecule has 0 aromatic carbocycles. The van der Waals surface area contributed by atoms with Crippen molar-refractivity contribution < 1.29 is 14.4 Å². The van der Waals surface area contributed by atoms with Gasteiger partial charge in [0, 0.05) is 19.9 Å². The second-order valence-corrected chi connectivity index (χ2v) is 5.43. The number of hydrogen-bond donors (Lipinski definition) is 2. The van der Waals surface area contributed by atoms with E-state index in [1.165, 1.54) is 7.05 Å². The Kier molecular flexibility index (Phi) is 4.06. The first-order chi connectivity index (χ1) is 9.44. The maximum absolute atomic E-state index is 12.2. The van der Waals surface area contributed by atoms with Gasteiger partial charge in [-0.1, -0.05) is 19.3 Å². The first kappa shape index (κ1) is 14.5. The molecule has 7 nitrogen and oxygen atoms in total. The zero-order chi connectivity index (χ0) is 14.8. The van der Waals surface area contributed by atoms with Gasteiger partial charge < -0.3 is 11.1 Å². The van der Waals surface area contributed by atoms with Gasteiger partial charge in [-0.15, -0.1) is 0 Å². The van der Waals surface area contributed by atoms with Crippen LogP contribution < -0.4 is 11.1 Å². The number of rotatable bonds is 3. The number of nitrogens with two attached hydrogens (primary N) is 1. The summed E-state index contributed by atoms with van der Waals surface area (Å²) >= 11 is 0. The second-order valence-electron chi connectivity index (χ2n) is 5.43. The molecule has 0 saturated heterocycles. The van der Waals surface area contributed by atoms with E-state index in [1.54, 1.807) is 0 Å². The maximum Gasteiger partial charge on any atom is 0.268 e. The van der Waals surface area contributed by atoms with Gasteiger partial charge in [-0.2, -0.15) is 5.10 Å². The quantitative estimate of drug-likeness (QED) is 0.754. The summed E-state index contributed by atoms with van der Waals surface area (Å²) < 4.78 is 0. The predicted octanol–water partition coefficient (Wildman–Crippen LogP) is -0.101. The summed E-state index contributed by atoms with van der Waals surface area (Å²) in [6.07, 6.45) is 4.47. The Morgan fingerprint density at radius 2 is 1.90 bits per heavy atom. The largest absolute Gasteiger partial charge is 0.368 e. The van der Waals surface area contributed by atoms with Crippen LogP contribution in [0.1, 0.15) is 44.9 Å². The van der Waals surface area contributed by atoms with E-state index in [2.05, 4.69) is 10.4 Å².